The van der Waals surface area contributed by atoms with E-state index in [1.54, 1.807) is 49.1 Å². The molecule has 0 saturated carbocycles. The first kappa shape index (κ1) is 27.3. The molecule has 1 spiro atoms. The molecule has 0 unspecified atom stereocenters. The van der Waals surface area contributed by atoms with E-state index >= 15 is 0 Å². The lowest BCUT2D eigenvalue weighted by Gasteiger charge is -2.34. The summed E-state index contributed by atoms with van der Waals surface area (Å²) >= 11 is 13.8. The third kappa shape index (κ3) is 4.76. The summed E-state index contributed by atoms with van der Waals surface area (Å²) in [5.41, 5.74) is 2.00. The van der Waals surface area contributed by atoms with Gasteiger partial charge in [0.2, 0.25) is 0 Å². The largest absolute Gasteiger partial charge is 0.478 e. The number of carbonyl (C=O) groups excluding carboxylic acids is 2. The number of anilines is 1. The zero-order valence-corrected chi connectivity index (χ0v) is 24.0. The highest BCUT2D eigenvalue weighted by molar-refractivity contribution is 7.10. The predicted molar refractivity (Wildman–Crippen MR) is 157 cm³/mol. The molecular weight excluding hydrogens is 585 g/mol. The molecule has 4 aromatic rings. The summed E-state index contributed by atoms with van der Waals surface area (Å²) in [6.07, 6.45) is 4.93. The first-order chi connectivity index (χ1) is 19.7. The Bertz CT molecular complexity index is 1650. The molecule has 2 fully saturated rings. The second-order valence-electron chi connectivity index (χ2n) is 10.1. The fourth-order valence-electron chi connectivity index (χ4n) is 5.78. The molecule has 6 rings (SSSR count). The number of nitrogens with zero attached hydrogens (tertiary/aromatic N) is 5. The van der Waals surface area contributed by atoms with Gasteiger partial charge in [-0.25, -0.2) is 24.5 Å². The van der Waals surface area contributed by atoms with Crippen molar-refractivity contribution in [3.05, 3.63) is 98.7 Å². The lowest BCUT2D eigenvalue weighted by atomic mass is 9.80. The van der Waals surface area contributed by atoms with E-state index in [1.165, 1.54) is 22.6 Å². The number of amides is 3. The summed E-state index contributed by atoms with van der Waals surface area (Å²) in [4.78, 5) is 53.3. The molecule has 4 heterocycles. The maximum atomic E-state index is 14.4. The number of imide groups is 1. The molecule has 2 aromatic heterocycles. The molecule has 0 bridgehead atoms. The number of likely N-dealkylation sites (tertiary alicyclic amines) is 1. The number of thiophene rings is 1. The molecule has 2 aromatic carbocycles. The number of benzene rings is 2. The van der Waals surface area contributed by atoms with Crippen LogP contribution in [0.3, 0.4) is 0 Å². The molecule has 0 aliphatic carbocycles. The topological polar surface area (TPSA) is 107 Å². The van der Waals surface area contributed by atoms with Crippen molar-refractivity contribution in [2.45, 2.75) is 18.0 Å². The van der Waals surface area contributed by atoms with Crippen LogP contribution in [0.1, 0.15) is 26.7 Å². The SMILES string of the molecule is CN1C(=O)N(c2cc(Cl)cc(Cl)c2)C(=O)[C@]12CN(Cc1cc(C(=O)O)cs1)C[C@H]2c1ccc(-c2cncnc2)cc1. The zero-order valence-electron chi connectivity index (χ0n) is 21.7. The van der Waals surface area contributed by atoms with Gasteiger partial charge in [0.25, 0.3) is 5.91 Å². The number of halogens is 2. The Balaban J connectivity index is 1.40. The molecule has 3 amide bonds. The lowest BCUT2D eigenvalue weighted by molar-refractivity contribution is -0.124. The van der Waals surface area contributed by atoms with Crippen molar-refractivity contribution in [2.24, 2.45) is 0 Å². The summed E-state index contributed by atoms with van der Waals surface area (Å²) in [6.45, 7) is 1.17. The van der Waals surface area contributed by atoms with Crippen molar-refractivity contribution in [3.63, 3.8) is 0 Å². The van der Waals surface area contributed by atoms with Crippen molar-refractivity contribution in [1.82, 2.24) is 19.8 Å². The van der Waals surface area contributed by atoms with E-state index < -0.39 is 17.5 Å². The average Bonchev–Trinajstić information content (AvgIpc) is 3.63. The van der Waals surface area contributed by atoms with Gasteiger partial charge in [-0.05, 0) is 35.4 Å². The smallest absolute Gasteiger partial charge is 0.336 e. The predicted octanol–water partition coefficient (Wildman–Crippen LogP) is 5.65. The molecule has 1 N–H and O–H groups in total. The van der Waals surface area contributed by atoms with Crippen molar-refractivity contribution in [3.8, 4) is 11.1 Å². The second kappa shape index (κ2) is 10.5. The van der Waals surface area contributed by atoms with Crippen molar-refractivity contribution >= 4 is 58.1 Å². The van der Waals surface area contributed by atoms with Gasteiger partial charge in [-0.3, -0.25) is 9.69 Å². The van der Waals surface area contributed by atoms with Gasteiger partial charge >= 0.3 is 12.0 Å². The number of urea groups is 1. The van der Waals surface area contributed by atoms with E-state index in [1.807, 2.05) is 24.3 Å². The lowest BCUT2D eigenvalue weighted by Crippen LogP contribution is -2.53. The highest BCUT2D eigenvalue weighted by Crippen LogP contribution is 2.47. The number of aromatic nitrogens is 2. The van der Waals surface area contributed by atoms with Gasteiger partial charge in [-0.15, -0.1) is 11.3 Å². The number of likely N-dealkylation sites (N-methyl/N-ethyl adjacent to an activating group) is 1. The highest BCUT2D eigenvalue weighted by atomic mass is 35.5. The van der Waals surface area contributed by atoms with E-state index in [4.69, 9.17) is 23.2 Å². The minimum absolute atomic E-state index is 0.226. The van der Waals surface area contributed by atoms with Crippen LogP contribution >= 0.6 is 34.5 Å². The number of carbonyl (C=O) groups is 3. The van der Waals surface area contributed by atoms with Crippen LogP contribution < -0.4 is 4.90 Å². The summed E-state index contributed by atoms with van der Waals surface area (Å²) in [5.74, 6) is -1.73. The minimum Gasteiger partial charge on any atom is -0.478 e. The van der Waals surface area contributed by atoms with Crippen molar-refractivity contribution in [2.75, 3.05) is 25.0 Å². The molecule has 0 radical (unpaired) electrons. The second-order valence-corrected chi connectivity index (χ2v) is 12.0. The Hall–Kier alpha value is -3.83. The molecule has 2 saturated heterocycles. The van der Waals surface area contributed by atoms with Crippen LogP contribution in [-0.4, -0.2) is 68.5 Å². The van der Waals surface area contributed by atoms with Gasteiger partial charge in [0.15, 0.2) is 0 Å². The van der Waals surface area contributed by atoms with Gasteiger partial charge in [0, 0.05) is 70.9 Å². The third-order valence-corrected chi connectivity index (χ3v) is 9.08. The summed E-state index contributed by atoms with van der Waals surface area (Å²) < 4.78 is 0. The number of hydrogen-bond acceptors (Lipinski definition) is 7. The van der Waals surface area contributed by atoms with E-state index in [2.05, 4.69) is 14.9 Å². The van der Waals surface area contributed by atoms with E-state index in [0.29, 0.717) is 28.8 Å². The molecule has 9 nitrogen and oxygen atoms in total. The summed E-state index contributed by atoms with van der Waals surface area (Å²) in [7, 11) is 1.65. The van der Waals surface area contributed by atoms with Crippen LogP contribution in [0.4, 0.5) is 10.5 Å². The zero-order chi connectivity index (χ0) is 28.9. The standard InChI is InChI=1S/C29H23Cl2N5O4S/c1-34-28(40)36(23-8-21(30)7-22(31)9-23)27(39)29(34)15-35(12-24-6-19(14-41-24)26(37)38)13-25(29)18-4-2-17(3-5-18)20-10-32-16-33-11-20/h2-11,14,16,25H,12-13,15H2,1H3,(H,37,38)/t25-,29+/m0/s1. The van der Waals surface area contributed by atoms with Gasteiger partial charge in [-0.2, -0.15) is 0 Å². The molecule has 41 heavy (non-hydrogen) atoms. The van der Waals surface area contributed by atoms with Crippen LogP contribution in [0.5, 0.6) is 0 Å². The quantitative estimate of drug-likeness (QED) is 0.282. The first-order valence-corrected chi connectivity index (χ1v) is 14.3. The van der Waals surface area contributed by atoms with Gasteiger partial charge in [-0.1, -0.05) is 47.5 Å². The van der Waals surface area contributed by atoms with E-state index in [9.17, 15) is 19.5 Å². The Morgan fingerprint density at radius 1 is 1.05 bits per heavy atom. The minimum atomic E-state index is -1.21. The van der Waals surface area contributed by atoms with E-state index in [-0.39, 0.29) is 23.9 Å². The average molecular weight is 609 g/mol. The Morgan fingerprint density at radius 3 is 2.37 bits per heavy atom. The number of carboxylic acid groups (broad SMARTS) is 1. The Kier molecular flexibility index (Phi) is 7.03. The van der Waals surface area contributed by atoms with Gasteiger partial charge in [0.1, 0.15) is 11.9 Å². The van der Waals surface area contributed by atoms with Gasteiger partial charge < -0.3 is 10.0 Å². The third-order valence-electron chi connectivity index (χ3n) is 7.72. The number of aromatic carboxylic acids is 1. The highest BCUT2D eigenvalue weighted by Gasteiger charge is 2.64. The first-order valence-electron chi connectivity index (χ1n) is 12.6. The fraction of sp³-hybridized carbons (Fsp3) is 0.207. The van der Waals surface area contributed by atoms with Crippen molar-refractivity contribution in [1.29, 1.82) is 0 Å². The van der Waals surface area contributed by atoms with E-state index in [0.717, 1.165) is 26.5 Å². The maximum Gasteiger partial charge on any atom is 0.336 e. The molecule has 2 aliphatic heterocycles. The van der Waals surface area contributed by atoms with Crippen LogP contribution in [0.15, 0.2) is 72.6 Å². The van der Waals surface area contributed by atoms with Crippen LogP contribution in [0.2, 0.25) is 10.0 Å². The van der Waals surface area contributed by atoms with Crippen LogP contribution in [0.25, 0.3) is 11.1 Å². The molecule has 2 atom stereocenters. The number of rotatable bonds is 6. The van der Waals surface area contributed by atoms with Gasteiger partial charge in [0.05, 0.1) is 11.3 Å². The normalized spacial score (nSPS) is 20.9. The summed E-state index contributed by atoms with van der Waals surface area (Å²) in [5, 5.41) is 11.6. The van der Waals surface area contributed by atoms with Crippen molar-refractivity contribution < 1.29 is 19.5 Å². The van der Waals surface area contributed by atoms with Crippen LogP contribution in [0, 0.1) is 0 Å². The fourth-order valence-corrected chi connectivity index (χ4v) is 7.19. The monoisotopic (exact) mass is 607 g/mol. The number of carboxylic acids is 1. The Morgan fingerprint density at radius 2 is 1.73 bits per heavy atom. The summed E-state index contributed by atoms with van der Waals surface area (Å²) in [6, 6.07) is 13.7. The Labute approximate surface area is 249 Å². The number of hydrogen-bond donors (Lipinski definition) is 1. The molecule has 2 aliphatic rings. The van der Waals surface area contributed by atoms with Crippen LogP contribution in [-0.2, 0) is 11.3 Å². The maximum absolute atomic E-state index is 14.4. The molecule has 208 valence electrons. The molecule has 12 heteroatoms. The molecular formula is C29H23Cl2N5O4S.